The lowest BCUT2D eigenvalue weighted by atomic mass is 9.74. The summed E-state index contributed by atoms with van der Waals surface area (Å²) in [4.78, 5) is 17.5. The molecule has 0 bridgehead atoms. The number of benzene rings is 2. The summed E-state index contributed by atoms with van der Waals surface area (Å²) < 4.78 is 125. The Kier molecular flexibility index (Phi) is 9.21. The molecule has 0 saturated carbocycles. The maximum atomic E-state index is 14.2. The van der Waals surface area contributed by atoms with Gasteiger partial charge in [-0.25, -0.2) is 9.28 Å². The highest BCUT2D eigenvalue weighted by Gasteiger charge is 2.57. The predicted octanol–water partition coefficient (Wildman–Crippen LogP) is 7.46. The molecule has 252 valence electrons. The summed E-state index contributed by atoms with van der Waals surface area (Å²) in [5.41, 5.74) is -0.405. The van der Waals surface area contributed by atoms with Gasteiger partial charge in [0.2, 0.25) is 0 Å². The average Bonchev–Trinajstić information content (AvgIpc) is 3.24. The molecule has 2 aliphatic heterocycles. The number of quaternary nitrogens is 1. The summed E-state index contributed by atoms with van der Waals surface area (Å²) in [5, 5.41) is 5.92. The number of amides is 2. The first-order valence-corrected chi connectivity index (χ1v) is 14.3. The molecule has 0 radical (unpaired) electrons. The van der Waals surface area contributed by atoms with Crippen molar-refractivity contribution in [3.05, 3.63) is 89.3 Å². The third kappa shape index (κ3) is 7.99. The van der Waals surface area contributed by atoms with Crippen molar-refractivity contribution in [1.82, 2.24) is 20.1 Å². The highest BCUT2D eigenvalue weighted by Crippen LogP contribution is 2.51. The lowest BCUT2D eigenvalue weighted by molar-refractivity contribution is -0.275. The van der Waals surface area contributed by atoms with Crippen LogP contribution < -0.4 is 24.6 Å². The number of fused-ring (bicyclic) bond motifs is 2. The molecule has 0 aliphatic carbocycles. The van der Waals surface area contributed by atoms with E-state index in [1.165, 1.54) is 30.3 Å². The Morgan fingerprint density at radius 3 is 2.17 bits per heavy atom. The SMILES string of the molecule is O=C(NCc1ccnc(C(F)(F)F)c1)[N+]1(C/C=C/c2ccc(OC(F)(F)F)cc2)CC2(CCNCC2)c2cc(OC(F)(F)F)ccc21. The van der Waals surface area contributed by atoms with E-state index in [2.05, 4.69) is 25.1 Å². The number of hydrogen-bond donors (Lipinski definition) is 2. The normalized spacial score (nSPS) is 19.5. The minimum Gasteiger partial charge on any atom is -0.406 e. The number of carbonyl (C=O) groups is 1. The zero-order valence-corrected chi connectivity index (χ0v) is 24.4. The van der Waals surface area contributed by atoms with Gasteiger partial charge in [-0.2, -0.15) is 13.2 Å². The number of carbonyl (C=O) groups excluding carboxylic acids is 1. The first kappa shape index (κ1) is 34.0. The molecule has 1 unspecified atom stereocenters. The third-order valence-corrected chi connectivity index (χ3v) is 8.16. The topological polar surface area (TPSA) is 72.5 Å². The van der Waals surface area contributed by atoms with Crippen LogP contribution in [0.1, 0.15) is 35.2 Å². The van der Waals surface area contributed by atoms with Crippen molar-refractivity contribution < 1.29 is 53.8 Å². The number of ether oxygens (including phenoxy) is 2. The fourth-order valence-corrected chi connectivity index (χ4v) is 6.17. The van der Waals surface area contributed by atoms with Gasteiger partial charge >= 0.3 is 24.9 Å². The molecule has 1 fully saturated rings. The fraction of sp³-hybridized carbons (Fsp3) is 0.355. The number of rotatable bonds is 7. The van der Waals surface area contributed by atoms with Crippen molar-refractivity contribution in [2.75, 3.05) is 26.2 Å². The summed E-state index contributed by atoms with van der Waals surface area (Å²) in [7, 11) is 0. The standard InChI is InChI=1S/C31H27F9N4O3/c32-29(33,34)26-16-21(9-12-42-26)18-43-27(45)44(15-1-2-20-3-5-22(6-4-20)46-30(35,36)37)19-28(10-13-41-14-11-28)24-17-23(7-8-25(24)44)47-31(38,39)40/h1-9,12,16-17,41H,10-11,13-15,18-19H2/p+1/b2-1+. The lowest BCUT2D eigenvalue weighted by Gasteiger charge is -2.36. The molecule has 2 aliphatic rings. The van der Waals surface area contributed by atoms with Gasteiger partial charge in [-0.3, -0.25) is 4.98 Å². The van der Waals surface area contributed by atoms with E-state index >= 15 is 0 Å². The van der Waals surface area contributed by atoms with Crippen LogP contribution in [-0.4, -0.2) is 49.9 Å². The molecular formula is C31H28F9N4O3+. The zero-order valence-electron chi connectivity index (χ0n) is 24.4. The summed E-state index contributed by atoms with van der Waals surface area (Å²) in [6.07, 6.45) is -9.43. The minimum atomic E-state index is -4.96. The quantitative estimate of drug-likeness (QED) is 0.201. The Morgan fingerprint density at radius 2 is 1.53 bits per heavy atom. The molecule has 3 heterocycles. The van der Waals surface area contributed by atoms with Crippen LogP contribution in [0.15, 0.2) is 66.9 Å². The van der Waals surface area contributed by atoms with E-state index in [9.17, 15) is 44.3 Å². The van der Waals surface area contributed by atoms with Crippen LogP contribution in [0.25, 0.3) is 6.08 Å². The molecule has 7 nitrogen and oxygen atoms in total. The van der Waals surface area contributed by atoms with Gasteiger partial charge in [0.15, 0.2) is 0 Å². The first-order chi connectivity index (χ1) is 22.0. The molecule has 47 heavy (non-hydrogen) atoms. The maximum absolute atomic E-state index is 14.2. The van der Waals surface area contributed by atoms with Crippen molar-refractivity contribution in [3.8, 4) is 11.5 Å². The van der Waals surface area contributed by atoms with E-state index in [1.54, 1.807) is 12.2 Å². The summed E-state index contributed by atoms with van der Waals surface area (Å²) in [6, 6.07) is 10.3. The fourth-order valence-electron chi connectivity index (χ4n) is 6.17. The number of alkyl halides is 9. The van der Waals surface area contributed by atoms with Gasteiger partial charge in [0, 0.05) is 24.4 Å². The van der Waals surface area contributed by atoms with Gasteiger partial charge in [-0.1, -0.05) is 18.2 Å². The zero-order chi connectivity index (χ0) is 34.1. The third-order valence-electron chi connectivity index (χ3n) is 8.16. The number of urea groups is 1. The predicted molar refractivity (Wildman–Crippen MR) is 152 cm³/mol. The van der Waals surface area contributed by atoms with E-state index in [-0.39, 0.29) is 25.2 Å². The molecule has 2 N–H and O–H groups in total. The van der Waals surface area contributed by atoms with Gasteiger partial charge in [0.1, 0.15) is 36.0 Å². The van der Waals surface area contributed by atoms with Gasteiger partial charge in [-0.15, -0.1) is 26.3 Å². The van der Waals surface area contributed by atoms with Crippen LogP contribution in [0.2, 0.25) is 0 Å². The number of aromatic nitrogens is 1. The van der Waals surface area contributed by atoms with E-state index in [1.807, 2.05) is 0 Å². The largest absolute Gasteiger partial charge is 0.573 e. The molecule has 2 aromatic carbocycles. The number of nitrogens with zero attached hydrogens (tertiary/aromatic N) is 2. The average molecular weight is 676 g/mol. The molecule has 16 heteroatoms. The lowest BCUT2D eigenvalue weighted by Crippen LogP contribution is -2.60. The van der Waals surface area contributed by atoms with Crippen LogP contribution in [0.5, 0.6) is 11.5 Å². The van der Waals surface area contributed by atoms with Crippen molar-refractivity contribution in [2.45, 2.75) is 43.7 Å². The van der Waals surface area contributed by atoms with Crippen LogP contribution in [-0.2, 0) is 18.1 Å². The first-order valence-electron chi connectivity index (χ1n) is 14.3. The Morgan fingerprint density at radius 1 is 0.894 bits per heavy atom. The smallest absolute Gasteiger partial charge is 0.406 e. The van der Waals surface area contributed by atoms with Gasteiger partial charge in [-0.05, 0) is 79.5 Å². The Bertz CT molecular complexity index is 1620. The molecule has 1 aromatic heterocycles. The molecular weight excluding hydrogens is 647 g/mol. The molecule has 1 spiro atoms. The minimum absolute atomic E-state index is 0.0432. The van der Waals surface area contributed by atoms with Gasteiger partial charge < -0.3 is 20.1 Å². The second kappa shape index (κ2) is 12.7. The number of halogens is 9. The Labute approximate surface area is 262 Å². The monoisotopic (exact) mass is 675 g/mol. The molecule has 2 amide bonds. The Balaban J connectivity index is 1.50. The number of hydrogen-bond acceptors (Lipinski definition) is 5. The second-order valence-corrected chi connectivity index (χ2v) is 11.3. The Hall–Kier alpha value is -4.31. The van der Waals surface area contributed by atoms with Crippen LogP contribution in [0.3, 0.4) is 0 Å². The van der Waals surface area contributed by atoms with Crippen LogP contribution >= 0.6 is 0 Å². The van der Waals surface area contributed by atoms with Gasteiger partial charge in [0.05, 0.1) is 5.41 Å². The van der Waals surface area contributed by atoms with E-state index in [0.29, 0.717) is 42.7 Å². The van der Waals surface area contributed by atoms with Gasteiger partial charge in [0.25, 0.3) is 0 Å². The van der Waals surface area contributed by atoms with E-state index < -0.39 is 52.0 Å². The highest BCUT2D eigenvalue weighted by atomic mass is 19.4. The van der Waals surface area contributed by atoms with Crippen molar-refractivity contribution in [2.24, 2.45) is 0 Å². The molecule has 3 aromatic rings. The molecule has 1 atom stereocenters. The highest BCUT2D eigenvalue weighted by molar-refractivity contribution is 5.91. The summed E-state index contributed by atoms with van der Waals surface area (Å²) in [5.74, 6) is -0.886. The van der Waals surface area contributed by atoms with Crippen molar-refractivity contribution in [3.63, 3.8) is 0 Å². The summed E-state index contributed by atoms with van der Waals surface area (Å²) in [6.45, 7) is 0.820. The summed E-state index contributed by atoms with van der Waals surface area (Å²) >= 11 is 0. The maximum Gasteiger partial charge on any atom is 0.573 e. The van der Waals surface area contributed by atoms with Crippen LogP contribution in [0, 0.1) is 0 Å². The van der Waals surface area contributed by atoms with Crippen LogP contribution in [0.4, 0.5) is 50.0 Å². The number of piperidine rings is 1. The van der Waals surface area contributed by atoms with E-state index in [0.717, 1.165) is 30.5 Å². The molecule has 1 saturated heterocycles. The van der Waals surface area contributed by atoms with Crippen molar-refractivity contribution >= 4 is 17.8 Å². The number of pyridine rings is 1. The number of nitrogens with one attached hydrogen (secondary N) is 2. The van der Waals surface area contributed by atoms with Crippen molar-refractivity contribution in [1.29, 1.82) is 0 Å². The molecule has 5 rings (SSSR count). The second-order valence-electron chi connectivity index (χ2n) is 11.3. The van der Waals surface area contributed by atoms with E-state index in [4.69, 9.17) is 0 Å².